The van der Waals surface area contributed by atoms with Gasteiger partial charge in [0.25, 0.3) is 0 Å². The molecule has 0 spiro atoms. The zero-order valence-electron chi connectivity index (χ0n) is 14.1. The molecule has 2 rings (SSSR count). The zero-order valence-corrected chi connectivity index (χ0v) is 14.9. The van der Waals surface area contributed by atoms with Crippen molar-refractivity contribution in [2.45, 2.75) is 10.6 Å². The van der Waals surface area contributed by atoms with Crippen molar-refractivity contribution in [3.05, 3.63) is 70.7 Å². The van der Waals surface area contributed by atoms with Crippen LogP contribution in [0, 0.1) is 29.1 Å². The first-order valence-corrected chi connectivity index (χ1v) is 8.35. The average molecular weight is 404 g/mol. The van der Waals surface area contributed by atoms with E-state index in [4.69, 9.17) is 4.74 Å². The highest BCUT2D eigenvalue weighted by Crippen LogP contribution is 2.34. The van der Waals surface area contributed by atoms with Gasteiger partial charge in [0, 0.05) is 21.8 Å². The molecule has 2 aromatic carbocycles. The molecule has 0 radical (unpaired) electrons. The molecule has 0 saturated heterocycles. The molecule has 0 aliphatic heterocycles. The SMILES string of the molecule is CO/C=C(/C(=O)OC)c1ccccc1SCc1c(F)c(F)c(F)c(F)c1F. The maximum Gasteiger partial charge on any atom is 0.341 e. The first kappa shape index (κ1) is 20.8. The molecular weight excluding hydrogens is 391 g/mol. The number of halogens is 5. The van der Waals surface area contributed by atoms with Gasteiger partial charge in [0.15, 0.2) is 23.3 Å². The van der Waals surface area contributed by atoms with E-state index >= 15 is 0 Å². The summed E-state index contributed by atoms with van der Waals surface area (Å²) in [6, 6.07) is 6.25. The summed E-state index contributed by atoms with van der Waals surface area (Å²) in [5, 5.41) is 0. The third-order valence-electron chi connectivity index (χ3n) is 3.49. The van der Waals surface area contributed by atoms with Gasteiger partial charge in [0.2, 0.25) is 5.82 Å². The van der Waals surface area contributed by atoms with E-state index in [2.05, 4.69) is 4.74 Å². The Morgan fingerprint density at radius 2 is 1.52 bits per heavy atom. The van der Waals surface area contributed by atoms with Crippen molar-refractivity contribution in [2.75, 3.05) is 14.2 Å². The van der Waals surface area contributed by atoms with Gasteiger partial charge >= 0.3 is 5.97 Å². The molecule has 0 saturated carbocycles. The van der Waals surface area contributed by atoms with Crippen LogP contribution in [0.3, 0.4) is 0 Å². The summed E-state index contributed by atoms with van der Waals surface area (Å²) < 4.78 is 77.0. The lowest BCUT2D eigenvalue weighted by molar-refractivity contribution is -0.133. The predicted molar refractivity (Wildman–Crippen MR) is 89.2 cm³/mol. The van der Waals surface area contributed by atoms with E-state index < -0.39 is 46.4 Å². The fourth-order valence-electron chi connectivity index (χ4n) is 2.19. The zero-order chi connectivity index (χ0) is 20.1. The normalized spacial score (nSPS) is 11.4. The third-order valence-corrected chi connectivity index (χ3v) is 4.59. The highest BCUT2D eigenvalue weighted by Gasteiger charge is 2.26. The lowest BCUT2D eigenvalue weighted by Gasteiger charge is -2.12. The van der Waals surface area contributed by atoms with E-state index in [-0.39, 0.29) is 5.57 Å². The molecule has 27 heavy (non-hydrogen) atoms. The van der Waals surface area contributed by atoms with Gasteiger partial charge in [-0.1, -0.05) is 18.2 Å². The van der Waals surface area contributed by atoms with Crippen LogP contribution in [-0.2, 0) is 20.0 Å². The lowest BCUT2D eigenvalue weighted by Crippen LogP contribution is -2.07. The van der Waals surface area contributed by atoms with E-state index in [1.54, 1.807) is 12.1 Å². The number of carbonyl (C=O) groups is 1. The van der Waals surface area contributed by atoms with Crippen molar-refractivity contribution < 1.29 is 36.2 Å². The van der Waals surface area contributed by atoms with Gasteiger partial charge in [0.1, 0.15) is 5.57 Å². The molecule has 144 valence electrons. The first-order chi connectivity index (χ1) is 12.8. The van der Waals surface area contributed by atoms with Gasteiger partial charge in [-0.15, -0.1) is 11.8 Å². The minimum atomic E-state index is -2.21. The maximum atomic E-state index is 13.8. The van der Waals surface area contributed by atoms with Crippen molar-refractivity contribution in [2.24, 2.45) is 0 Å². The molecule has 0 aliphatic carbocycles. The Labute approximate surface area is 155 Å². The van der Waals surface area contributed by atoms with Gasteiger partial charge in [-0.2, -0.15) is 0 Å². The molecule has 0 aliphatic rings. The number of methoxy groups -OCH3 is 2. The summed E-state index contributed by atoms with van der Waals surface area (Å²) in [5.41, 5.74) is -0.609. The van der Waals surface area contributed by atoms with E-state index in [0.717, 1.165) is 25.1 Å². The Bertz CT molecular complexity index is 870. The lowest BCUT2D eigenvalue weighted by atomic mass is 10.1. The number of thioether (sulfide) groups is 1. The van der Waals surface area contributed by atoms with Crippen molar-refractivity contribution in [1.29, 1.82) is 0 Å². The summed E-state index contributed by atoms with van der Waals surface area (Å²) in [6.07, 6.45) is 1.13. The molecule has 3 nitrogen and oxygen atoms in total. The molecule has 0 heterocycles. The average Bonchev–Trinajstić information content (AvgIpc) is 2.69. The Morgan fingerprint density at radius 1 is 0.963 bits per heavy atom. The van der Waals surface area contributed by atoms with E-state index in [1.807, 2.05) is 0 Å². The molecule has 0 unspecified atom stereocenters. The summed E-state index contributed by atoms with van der Waals surface area (Å²) in [6.45, 7) is 0. The molecule has 0 fully saturated rings. The van der Waals surface area contributed by atoms with Crippen LogP contribution in [0.1, 0.15) is 11.1 Å². The Kier molecular flexibility index (Phi) is 6.84. The Hall–Kier alpha value is -2.55. The summed E-state index contributed by atoms with van der Waals surface area (Å²) in [4.78, 5) is 12.3. The topological polar surface area (TPSA) is 35.5 Å². The van der Waals surface area contributed by atoms with Gasteiger partial charge in [-0.25, -0.2) is 26.7 Å². The van der Waals surface area contributed by atoms with Crippen LogP contribution in [0.5, 0.6) is 0 Å². The molecule has 0 bridgehead atoms. The van der Waals surface area contributed by atoms with Crippen LogP contribution in [0.4, 0.5) is 22.0 Å². The van der Waals surface area contributed by atoms with Crippen molar-refractivity contribution >= 4 is 23.3 Å². The van der Waals surface area contributed by atoms with Crippen molar-refractivity contribution in [3.8, 4) is 0 Å². The van der Waals surface area contributed by atoms with Gasteiger partial charge in [0.05, 0.1) is 20.5 Å². The molecule has 0 aromatic heterocycles. The van der Waals surface area contributed by atoms with Gasteiger partial charge < -0.3 is 9.47 Å². The maximum absolute atomic E-state index is 13.8. The molecular formula is C18H13F5O3S. The molecule has 0 N–H and O–H groups in total. The standard InChI is InChI=1S/C18H13F5O3S/c1-25-7-10(18(24)26-2)9-5-3-4-6-12(9)27-8-11-13(19)15(21)17(23)16(22)14(11)20/h3-7H,8H2,1-2H3/b10-7+. The summed E-state index contributed by atoms with van der Waals surface area (Å²) >= 11 is 0.794. The number of ether oxygens (including phenoxy) is 2. The number of esters is 1. The van der Waals surface area contributed by atoms with Gasteiger partial charge in [-0.05, 0) is 6.07 Å². The predicted octanol–water partition coefficient (Wildman–Crippen LogP) is 4.83. The molecule has 0 atom stereocenters. The summed E-state index contributed by atoms with van der Waals surface area (Å²) in [5.74, 6) is -11.3. The quantitative estimate of drug-likeness (QED) is 0.131. The third kappa shape index (κ3) is 4.24. The van der Waals surface area contributed by atoms with Crippen LogP contribution >= 0.6 is 11.8 Å². The number of hydrogen-bond acceptors (Lipinski definition) is 4. The molecule has 0 amide bonds. The number of rotatable bonds is 6. The minimum absolute atomic E-state index is 0.0283. The monoisotopic (exact) mass is 404 g/mol. The Morgan fingerprint density at radius 3 is 2.07 bits per heavy atom. The Balaban J connectivity index is 2.42. The summed E-state index contributed by atoms with van der Waals surface area (Å²) in [7, 11) is 2.48. The number of carbonyl (C=O) groups excluding carboxylic acids is 1. The van der Waals surface area contributed by atoms with E-state index in [0.29, 0.717) is 10.5 Å². The van der Waals surface area contributed by atoms with Crippen molar-refractivity contribution in [3.63, 3.8) is 0 Å². The highest BCUT2D eigenvalue weighted by atomic mass is 32.2. The van der Waals surface area contributed by atoms with Crippen LogP contribution in [0.2, 0.25) is 0 Å². The largest absolute Gasteiger partial charge is 0.503 e. The van der Waals surface area contributed by atoms with Crippen LogP contribution in [0.15, 0.2) is 35.4 Å². The van der Waals surface area contributed by atoms with E-state index in [1.165, 1.54) is 19.2 Å². The van der Waals surface area contributed by atoms with E-state index in [9.17, 15) is 26.7 Å². The molecule has 9 heteroatoms. The fourth-order valence-corrected chi connectivity index (χ4v) is 3.25. The number of hydrogen-bond donors (Lipinski definition) is 0. The highest BCUT2D eigenvalue weighted by molar-refractivity contribution is 7.98. The van der Waals surface area contributed by atoms with Crippen LogP contribution in [-0.4, -0.2) is 20.2 Å². The molecule has 2 aromatic rings. The number of benzene rings is 2. The van der Waals surface area contributed by atoms with Crippen LogP contribution in [0.25, 0.3) is 5.57 Å². The fraction of sp³-hybridized carbons (Fsp3) is 0.167. The smallest absolute Gasteiger partial charge is 0.341 e. The second kappa shape index (κ2) is 8.90. The van der Waals surface area contributed by atoms with Crippen molar-refractivity contribution in [1.82, 2.24) is 0 Å². The second-order valence-electron chi connectivity index (χ2n) is 5.09. The first-order valence-electron chi connectivity index (χ1n) is 7.37. The minimum Gasteiger partial charge on any atom is -0.503 e. The second-order valence-corrected chi connectivity index (χ2v) is 6.11. The van der Waals surface area contributed by atoms with Crippen LogP contribution < -0.4 is 0 Å². The van der Waals surface area contributed by atoms with Gasteiger partial charge in [-0.3, -0.25) is 0 Å².